The fraction of sp³-hybridized carbons (Fsp3) is 0.619. The normalized spacial score (nSPS) is 11.6. The molecule has 8 nitrogen and oxygen atoms in total. The predicted molar refractivity (Wildman–Crippen MR) is 111 cm³/mol. The molecule has 0 saturated heterocycles. The monoisotopic (exact) mass is 404 g/mol. The van der Waals surface area contributed by atoms with Crippen LogP contribution in [0.15, 0.2) is 12.3 Å². The minimum absolute atomic E-state index is 0.258. The highest BCUT2D eigenvalue weighted by molar-refractivity contribution is 5.93. The number of hydrogen-bond donors (Lipinski definition) is 2. The maximum absolute atomic E-state index is 11.5. The van der Waals surface area contributed by atoms with Gasteiger partial charge in [-0.2, -0.15) is 0 Å². The minimum atomic E-state index is -0.946. The maximum Gasteiger partial charge on any atom is 0.407 e. The van der Waals surface area contributed by atoms with E-state index < -0.39 is 11.6 Å². The van der Waals surface area contributed by atoms with Crippen LogP contribution in [-0.4, -0.2) is 43.8 Å². The van der Waals surface area contributed by atoms with E-state index in [9.17, 15) is 14.7 Å². The Morgan fingerprint density at radius 3 is 2.45 bits per heavy atom. The van der Waals surface area contributed by atoms with Crippen molar-refractivity contribution in [3.05, 3.63) is 23.8 Å². The molecule has 0 bridgehead atoms. The van der Waals surface area contributed by atoms with Gasteiger partial charge < -0.3 is 19.7 Å². The number of nitrogens with zero attached hydrogens (tertiary/aromatic N) is 3. The van der Waals surface area contributed by atoms with Crippen LogP contribution in [0.4, 0.5) is 4.79 Å². The molecule has 0 aliphatic carbocycles. The Balaban J connectivity index is 1.67. The molecule has 0 radical (unpaired) electrons. The lowest BCUT2D eigenvalue weighted by Gasteiger charge is -2.19. The van der Waals surface area contributed by atoms with Crippen molar-refractivity contribution < 1.29 is 19.4 Å². The number of unbranched alkanes of at least 4 members (excludes halogenated alkanes) is 5. The number of rotatable bonds is 10. The molecule has 8 heteroatoms. The van der Waals surface area contributed by atoms with Gasteiger partial charge in [-0.25, -0.2) is 19.6 Å². The van der Waals surface area contributed by atoms with Crippen LogP contribution in [0.3, 0.4) is 0 Å². The number of alkyl carbamates (subject to hydrolysis) is 1. The summed E-state index contributed by atoms with van der Waals surface area (Å²) < 4.78 is 6.97. The number of carbonyl (C=O) groups is 2. The number of aromatic carboxylic acids is 1. The number of carboxylic acid groups (broad SMARTS) is 1. The molecule has 2 heterocycles. The molecule has 0 unspecified atom stereocenters. The predicted octanol–water partition coefficient (Wildman–Crippen LogP) is 4.30. The second kappa shape index (κ2) is 10.2. The van der Waals surface area contributed by atoms with E-state index in [1.807, 2.05) is 20.8 Å². The Morgan fingerprint density at radius 2 is 1.79 bits per heavy atom. The summed E-state index contributed by atoms with van der Waals surface area (Å²) >= 11 is 0. The SMILES string of the molecule is Cc1ncc2cc(C(=O)O)n(CCCCCCCCNC(=O)OC(C)(C)C)c2n1. The van der Waals surface area contributed by atoms with Crippen LogP contribution in [0.25, 0.3) is 11.0 Å². The van der Waals surface area contributed by atoms with E-state index in [1.54, 1.807) is 23.8 Å². The van der Waals surface area contributed by atoms with Gasteiger partial charge in [-0.1, -0.05) is 25.7 Å². The topological polar surface area (TPSA) is 106 Å². The molecule has 29 heavy (non-hydrogen) atoms. The molecule has 0 saturated carbocycles. The molecule has 1 amide bonds. The zero-order chi connectivity index (χ0) is 21.4. The molecular formula is C21H32N4O4. The van der Waals surface area contributed by atoms with Crippen LogP contribution in [-0.2, 0) is 11.3 Å². The third kappa shape index (κ3) is 7.36. The highest BCUT2D eigenvalue weighted by Crippen LogP contribution is 2.19. The van der Waals surface area contributed by atoms with Crippen molar-refractivity contribution in [2.75, 3.05) is 6.54 Å². The fourth-order valence-electron chi connectivity index (χ4n) is 3.13. The quantitative estimate of drug-likeness (QED) is 0.572. The number of carbonyl (C=O) groups excluding carboxylic acids is 1. The lowest BCUT2D eigenvalue weighted by Crippen LogP contribution is -2.32. The number of amides is 1. The molecule has 0 aliphatic rings. The second-order valence-electron chi connectivity index (χ2n) is 8.23. The molecule has 0 aromatic carbocycles. The molecule has 160 valence electrons. The first kappa shape index (κ1) is 22.6. The summed E-state index contributed by atoms with van der Waals surface area (Å²) in [5.41, 5.74) is 0.469. The molecule has 0 spiro atoms. The molecule has 2 aromatic rings. The van der Waals surface area contributed by atoms with Crippen LogP contribution in [0.5, 0.6) is 0 Å². The van der Waals surface area contributed by atoms with Gasteiger partial charge in [-0.05, 0) is 46.6 Å². The molecule has 2 N–H and O–H groups in total. The van der Waals surface area contributed by atoms with Gasteiger partial charge in [-0.15, -0.1) is 0 Å². The minimum Gasteiger partial charge on any atom is -0.477 e. The van der Waals surface area contributed by atoms with E-state index in [2.05, 4.69) is 15.3 Å². The molecular weight excluding hydrogens is 372 g/mol. The summed E-state index contributed by atoms with van der Waals surface area (Å²) in [7, 11) is 0. The highest BCUT2D eigenvalue weighted by Gasteiger charge is 2.16. The number of nitrogens with one attached hydrogen (secondary N) is 1. The van der Waals surface area contributed by atoms with Gasteiger partial charge in [0, 0.05) is 24.7 Å². The first-order valence-electron chi connectivity index (χ1n) is 10.2. The Hall–Kier alpha value is -2.64. The number of hydrogen-bond acceptors (Lipinski definition) is 5. The molecule has 2 rings (SSSR count). The van der Waals surface area contributed by atoms with Gasteiger partial charge in [0.25, 0.3) is 0 Å². The number of aromatic nitrogens is 3. The van der Waals surface area contributed by atoms with Gasteiger partial charge in [0.05, 0.1) is 0 Å². The zero-order valence-electron chi connectivity index (χ0n) is 17.8. The van der Waals surface area contributed by atoms with E-state index >= 15 is 0 Å². The van der Waals surface area contributed by atoms with E-state index in [1.165, 1.54) is 0 Å². The summed E-state index contributed by atoms with van der Waals surface area (Å²) in [5.74, 6) is -0.313. The summed E-state index contributed by atoms with van der Waals surface area (Å²) in [4.78, 5) is 31.6. The summed E-state index contributed by atoms with van der Waals surface area (Å²) in [6, 6.07) is 1.63. The molecule has 0 atom stereocenters. The lowest BCUT2D eigenvalue weighted by atomic mass is 10.1. The Labute approximate surface area is 171 Å². The van der Waals surface area contributed by atoms with Crippen LogP contribution < -0.4 is 5.32 Å². The number of aryl methyl sites for hydroxylation is 2. The molecule has 0 aliphatic heterocycles. The third-order valence-corrected chi connectivity index (χ3v) is 4.45. The summed E-state index contributed by atoms with van der Waals surface area (Å²) in [6.45, 7) is 8.58. The van der Waals surface area contributed by atoms with Gasteiger partial charge in [-0.3, -0.25) is 0 Å². The second-order valence-corrected chi connectivity index (χ2v) is 8.23. The standard InChI is InChI=1S/C21H32N4O4/c1-15-23-14-16-13-17(19(26)27)25(18(16)24-15)12-10-8-6-5-7-9-11-22-20(28)29-21(2,3)4/h13-14H,5-12H2,1-4H3,(H,22,28)(H,26,27). The summed E-state index contributed by atoms with van der Waals surface area (Å²) in [5, 5.41) is 13.0. The van der Waals surface area contributed by atoms with E-state index in [0.29, 0.717) is 24.6 Å². The van der Waals surface area contributed by atoms with E-state index in [0.717, 1.165) is 43.9 Å². The van der Waals surface area contributed by atoms with Gasteiger partial charge >= 0.3 is 12.1 Å². The van der Waals surface area contributed by atoms with Crippen LogP contribution >= 0.6 is 0 Å². The zero-order valence-corrected chi connectivity index (χ0v) is 17.8. The number of ether oxygens (including phenoxy) is 1. The van der Waals surface area contributed by atoms with E-state index in [4.69, 9.17) is 4.74 Å². The number of carboxylic acids is 1. The Kier molecular flexibility index (Phi) is 7.99. The number of fused-ring (bicyclic) bond motifs is 1. The summed E-state index contributed by atoms with van der Waals surface area (Å²) in [6.07, 6.45) is 7.31. The highest BCUT2D eigenvalue weighted by atomic mass is 16.6. The van der Waals surface area contributed by atoms with Crippen molar-refractivity contribution in [1.82, 2.24) is 19.9 Å². The van der Waals surface area contributed by atoms with E-state index in [-0.39, 0.29) is 11.8 Å². The van der Waals surface area contributed by atoms with Crippen molar-refractivity contribution in [3.63, 3.8) is 0 Å². The van der Waals surface area contributed by atoms with Crippen molar-refractivity contribution in [3.8, 4) is 0 Å². The first-order valence-corrected chi connectivity index (χ1v) is 10.2. The van der Waals surface area contributed by atoms with Crippen LogP contribution in [0, 0.1) is 6.92 Å². The van der Waals surface area contributed by atoms with Crippen molar-refractivity contribution >= 4 is 23.1 Å². The van der Waals surface area contributed by atoms with Crippen molar-refractivity contribution in [1.29, 1.82) is 0 Å². The Bertz CT molecular complexity index is 839. The van der Waals surface area contributed by atoms with Gasteiger partial charge in [0.1, 0.15) is 22.8 Å². The van der Waals surface area contributed by atoms with Crippen molar-refractivity contribution in [2.24, 2.45) is 0 Å². The van der Waals surface area contributed by atoms with Crippen LogP contribution in [0.2, 0.25) is 0 Å². The average molecular weight is 405 g/mol. The smallest absolute Gasteiger partial charge is 0.407 e. The molecule has 0 fully saturated rings. The molecule has 2 aromatic heterocycles. The lowest BCUT2D eigenvalue weighted by molar-refractivity contribution is 0.0526. The average Bonchev–Trinajstić information content (AvgIpc) is 2.97. The maximum atomic E-state index is 11.5. The van der Waals surface area contributed by atoms with Gasteiger partial charge in [0.2, 0.25) is 0 Å². The first-order chi connectivity index (χ1) is 13.7. The third-order valence-electron chi connectivity index (χ3n) is 4.45. The van der Waals surface area contributed by atoms with Crippen LogP contribution in [0.1, 0.15) is 75.6 Å². The fourth-order valence-corrected chi connectivity index (χ4v) is 3.13. The van der Waals surface area contributed by atoms with Gasteiger partial charge in [0.15, 0.2) is 0 Å². The van der Waals surface area contributed by atoms with Crippen molar-refractivity contribution in [2.45, 2.75) is 78.4 Å². The largest absolute Gasteiger partial charge is 0.477 e. The Morgan fingerprint density at radius 1 is 1.14 bits per heavy atom.